The maximum Gasteiger partial charge on any atom is 0.237 e. The van der Waals surface area contributed by atoms with Gasteiger partial charge in [0.1, 0.15) is 18.2 Å². The lowest BCUT2D eigenvalue weighted by atomic mass is 9.81. The summed E-state index contributed by atoms with van der Waals surface area (Å²) in [6.45, 7) is 3.63. The number of hydrogen-bond acceptors (Lipinski definition) is 7. The molecule has 154 valence electrons. The summed E-state index contributed by atoms with van der Waals surface area (Å²) in [5, 5.41) is 21.2. The van der Waals surface area contributed by atoms with Gasteiger partial charge in [-0.3, -0.25) is 4.79 Å². The van der Waals surface area contributed by atoms with E-state index in [4.69, 9.17) is 0 Å². The minimum atomic E-state index is -1.01. The Labute approximate surface area is 170 Å². The molecule has 1 aromatic carbocycles. The number of carbonyl (C=O) groups is 1. The smallest absolute Gasteiger partial charge is 0.237 e. The first-order valence-electron chi connectivity index (χ1n) is 10.2. The van der Waals surface area contributed by atoms with E-state index in [2.05, 4.69) is 38.1 Å². The molecule has 0 bridgehead atoms. The maximum atomic E-state index is 12.7. The lowest BCUT2D eigenvalue weighted by Gasteiger charge is -2.45. The SMILES string of the molecule is O=C1CNCCN1C(c1cc(NCc2ccccc2)ncn1)C1(O)CCNCC1. The second kappa shape index (κ2) is 8.86. The third-order valence-corrected chi connectivity index (χ3v) is 5.70. The molecule has 29 heavy (non-hydrogen) atoms. The van der Waals surface area contributed by atoms with Crippen LogP contribution >= 0.6 is 0 Å². The van der Waals surface area contributed by atoms with E-state index in [-0.39, 0.29) is 12.5 Å². The summed E-state index contributed by atoms with van der Waals surface area (Å²) in [5.41, 5.74) is 0.817. The van der Waals surface area contributed by atoms with Crippen molar-refractivity contribution in [3.05, 3.63) is 54.0 Å². The Morgan fingerprint density at radius 1 is 1.14 bits per heavy atom. The fourth-order valence-corrected chi connectivity index (χ4v) is 4.16. The van der Waals surface area contributed by atoms with Gasteiger partial charge in [0.2, 0.25) is 5.91 Å². The standard InChI is InChI=1S/C21H28N6O2/c28-19-14-23-10-11-27(19)20(21(29)6-8-22-9-7-21)17-12-18(26-15-25-17)24-13-16-4-2-1-3-5-16/h1-5,12,15,20,22-23,29H,6-11,13-14H2,(H,24,25,26). The summed E-state index contributed by atoms with van der Waals surface area (Å²) >= 11 is 0. The molecule has 2 saturated heterocycles. The van der Waals surface area contributed by atoms with Crippen LogP contribution in [0.25, 0.3) is 0 Å². The summed E-state index contributed by atoms with van der Waals surface area (Å²) in [6.07, 6.45) is 2.66. The summed E-state index contributed by atoms with van der Waals surface area (Å²) in [5.74, 6) is 0.676. The molecule has 8 heteroatoms. The van der Waals surface area contributed by atoms with Crippen LogP contribution < -0.4 is 16.0 Å². The van der Waals surface area contributed by atoms with Crippen LogP contribution in [0.2, 0.25) is 0 Å². The number of nitrogens with zero attached hydrogens (tertiary/aromatic N) is 3. The van der Waals surface area contributed by atoms with Gasteiger partial charge in [-0.1, -0.05) is 30.3 Å². The monoisotopic (exact) mass is 396 g/mol. The van der Waals surface area contributed by atoms with Gasteiger partial charge in [-0.15, -0.1) is 0 Å². The first-order chi connectivity index (χ1) is 14.2. The van der Waals surface area contributed by atoms with Crippen molar-refractivity contribution in [1.82, 2.24) is 25.5 Å². The number of aliphatic hydroxyl groups is 1. The van der Waals surface area contributed by atoms with Crippen molar-refractivity contribution in [3.63, 3.8) is 0 Å². The van der Waals surface area contributed by atoms with Gasteiger partial charge in [0.25, 0.3) is 0 Å². The van der Waals surface area contributed by atoms with Crippen LogP contribution in [0.3, 0.4) is 0 Å². The number of piperazine rings is 1. The number of aromatic nitrogens is 2. The molecule has 0 spiro atoms. The number of hydrogen-bond donors (Lipinski definition) is 4. The molecule has 2 fully saturated rings. The van der Waals surface area contributed by atoms with Crippen LogP contribution in [0.1, 0.15) is 30.1 Å². The molecule has 0 radical (unpaired) electrons. The number of nitrogens with one attached hydrogen (secondary N) is 3. The molecule has 2 aliphatic heterocycles. The van der Waals surface area contributed by atoms with Gasteiger partial charge in [0, 0.05) is 25.7 Å². The number of anilines is 1. The Hall–Kier alpha value is -2.55. The van der Waals surface area contributed by atoms with Crippen molar-refractivity contribution in [3.8, 4) is 0 Å². The first kappa shape index (κ1) is 19.8. The van der Waals surface area contributed by atoms with Crippen LogP contribution in [-0.2, 0) is 11.3 Å². The average molecular weight is 396 g/mol. The molecular formula is C21H28N6O2. The van der Waals surface area contributed by atoms with Gasteiger partial charge in [-0.2, -0.15) is 0 Å². The van der Waals surface area contributed by atoms with Gasteiger partial charge in [0.05, 0.1) is 17.8 Å². The number of amides is 1. The Bertz CT molecular complexity index is 825. The summed E-state index contributed by atoms with van der Waals surface area (Å²) < 4.78 is 0. The van der Waals surface area contributed by atoms with Crippen molar-refractivity contribution in [2.45, 2.75) is 31.0 Å². The third-order valence-electron chi connectivity index (χ3n) is 5.70. The number of carbonyl (C=O) groups excluding carboxylic acids is 1. The quantitative estimate of drug-likeness (QED) is 0.569. The van der Waals surface area contributed by atoms with Crippen LogP contribution in [-0.4, -0.2) is 64.2 Å². The zero-order valence-electron chi connectivity index (χ0n) is 16.5. The molecule has 0 saturated carbocycles. The van der Waals surface area contributed by atoms with E-state index in [1.807, 2.05) is 24.3 Å². The zero-order valence-corrected chi connectivity index (χ0v) is 16.5. The molecule has 1 atom stereocenters. The van der Waals surface area contributed by atoms with Crippen molar-refractivity contribution in [2.24, 2.45) is 0 Å². The van der Waals surface area contributed by atoms with Crippen molar-refractivity contribution < 1.29 is 9.90 Å². The molecule has 4 rings (SSSR count). The topological polar surface area (TPSA) is 102 Å². The summed E-state index contributed by atoms with van der Waals surface area (Å²) in [6, 6.07) is 11.5. The zero-order chi connectivity index (χ0) is 20.1. The van der Waals surface area contributed by atoms with Crippen LogP contribution in [0.15, 0.2) is 42.7 Å². The van der Waals surface area contributed by atoms with Crippen LogP contribution in [0, 0.1) is 0 Å². The fraction of sp³-hybridized carbons (Fsp3) is 0.476. The Morgan fingerprint density at radius 2 is 1.93 bits per heavy atom. The Morgan fingerprint density at radius 3 is 2.69 bits per heavy atom. The van der Waals surface area contributed by atoms with E-state index in [0.29, 0.717) is 44.0 Å². The van der Waals surface area contributed by atoms with E-state index < -0.39 is 11.6 Å². The predicted molar refractivity (Wildman–Crippen MR) is 110 cm³/mol. The molecule has 2 aromatic rings. The summed E-state index contributed by atoms with van der Waals surface area (Å²) in [4.78, 5) is 23.3. The first-order valence-corrected chi connectivity index (χ1v) is 10.2. The van der Waals surface area contributed by atoms with Gasteiger partial charge in [-0.25, -0.2) is 9.97 Å². The van der Waals surface area contributed by atoms with E-state index in [0.717, 1.165) is 18.7 Å². The minimum absolute atomic E-state index is 0.00869. The molecule has 1 unspecified atom stereocenters. The second-order valence-electron chi connectivity index (χ2n) is 7.69. The highest BCUT2D eigenvalue weighted by Gasteiger charge is 2.45. The highest BCUT2D eigenvalue weighted by molar-refractivity contribution is 5.79. The second-order valence-corrected chi connectivity index (χ2v) is 7.69. The van der Waals surface area contributed by atoms with Crippen molar-refractivity contribution >= 4 is 11.7 Å². The average Bonchev–Trinajstić information content (AvgIpc) is 2.75. The normalized spacial score (nSPS) is 20.3. The van der Waals surface area contributed by atoms with E-state index >= 15 is 0 Å². The van der Waals surface area contributed by atoms with E-state index in [1.165, 1.54) is 6.33 Å². The maximum absolute atomic E-state index is 12.7. The lowest BCUT2D eigenvalue weighted by Crippen LogP contribution is -2.58. The molecule has 1 amide bonds. The molecule has 8 nitrogen and oxygen atoms in total. The van der Waals surface area contributed by atoms with E-state index in [9.17, 15) is 9.90 Å². The largest absolute Gasteiger partial charge is 0.387 e. The number of rotatable bonds is 6. The number of benzene rings is 1. The van der Waals surface area contributed by atoms with Crippen LogP contribution in [0.5, 0.6) is 0 Å². The minimum Gasteiger partial charge on any atom is -0.387 e. The molecule has 2 aliphatic rings. The van der Waals surface area contributed by atoms with Gasteiger partial charge in [0.15, 0.2) is 0 Å². The highest BCUT2D eigenvalue weighted by atomic mass is 16.3. The molecule has 3 heterocycles. The van der Waals surface area contributed by atoms with E-state index in [1.54, 1.807) is 4.90 Å². The number of piperidine rings is 1. The van der Waals surface area contributed by atoms with Crippen molar-refractivity contribution in [2.75, 3.05) is 38.0 Å². The Kier molecular flexibility index (Phi) is 6.03. The highest BCUT2D eigenvalue weighted by Crippen LogP contribution is 2.38. The Balaban J connectivity index is 1.60. The van der Waals surface area contributed by atoms with Gasteiger partial charge in [-0.05, 0) is 31.5 Å². The molecule has 0 aliphatic carbocycles. The predicted octanol–water partition coefficient (Wildman–Crippen LogP) is 0.676. The third kappa shape index (κ3) is 4.55. The summed E-state index contributed by atoms with van der Waals surface area (Å²) in [7, 11) is 0. The lowest BCUT2D eigenvalue weighted by molar-refractivity contribution is -0.145. The van der Waals surface area contributed by atoms with Gasteiger partial charge < -0.3 is 26.0 Å². The molecule has 1 aromatic heterocycles. The molecular weight excluding hydrogens is 368 g/mol. The molecule has 4 N–H and O–H groups in total. The van der Waals surface area contributed by atoms with Crippen LogP contribution in [0.4, 0.5) is 5.82 Å². The fourth-order valence-electron chi connectivity index (χ4n) is 4.16. The van der Waals surface area contributed by atoms with Crippen molar-refractivity contribution in [1.29, 1.82) is 0 Å². The van der Waals surface area contributed by atoms with Gasteiger partial charge >= 0.3 is 0 Å².